The van der Waals surface area contributed by atoms with Crippen LogP contribution in [0, 0.1) is 13.8 Å². The summed E-state index contributed by atoms with van der Waals surface area (Å²) in [6.07, 6.45) is 0. The van der Waals surface area contributed by atoms with Gasteiger partial charge in [0.25, 0.3) is 0 Å². The monoisotopic (exact) mass is 160 g/mol. The molecule has 1 aromatic heterocycles. The normalized spacial score (nSPS) is 10.8. The van der Waals surface area contributed by atoms with E-state index >= 15 is 0 Å². The molecule has 1 aromatic carbocycles. The van der Waals surface area contributed by atoms with E-state index in [1.54, 1.807) is 4.68 Å². The van der Waals surface area contributed by atoms with Gasteiger partial charge in [0.2, 0.25) is 0 Å². The molecule has 0 saturated carbocycles. The first kappa shape index (κ1) is 7.22. The first-order valence-corrected chi connectivity index (χ1v) is 4.03. The topological polar surface area (TPSA) is 30.9 Å². The molecule has 2 rings (SSSR count). The van der Waals surface area contributed by atoms with E-state index in [0.29, 0.717) is 0 Å². The SMILES string of the molecule is Cc1c2ccccc2c(C)n1N. The van der Waals surface area contributed by atoms with Crippen molar-refractivity contribution in [2.75, 3.05) is 5.84 Å². The van der Waals surface area contributed by atoms with Crippen molar-refractivity contribution < 1.29 is 0 Å². The van der Waals surface area contributed by atoms with Crippen molar-refractivity contribution in [2.45, 2.75) is 13.8 Å². The lowest BCUT2D eigenvalue weighted by Gasteiger charge is -1.97. The Morgan fingerprint density at radius 2 is 1.42 bits per heavy atom. The van der Waals surface area contributed by atoms with Crippen LogP contribution in [0.5, 0.6) is 0 Å². The molecule has 2 aromatic rings. The summed E-state index contributed by atoms with van der Waals surface area (Å²) in [5.74, 6) is 5.83. The predicted molar refractivity (Wildman–Crippen MR) is 51.6 cm³/mol. The first-order valence-electron chi connectivity index (χ1n) is 4.03. The molecule has 62 valence electrons. The summed E-state index contributed by atoms with van der Waals surface area (Å²) in [6.45, 7) is 4.07. The number of benzene rings is 1. The van der Waals surface area contributed by atoms with Gasteiger partial charge < -0.3 is 5.84 Å². The van der Waals surface area contributed by atoms with Crippen molar-refractivity contribution >= 4 is 10.8 Å². The Balaban J connectivity index is 2.99. The summed E-state index contributed by atoms with van der Waals surface area (Å²) in [7, 11) is 0. The van der Waals surface area contributed by atoms with Crippen LogP contribution in [0.4, 0.5) is 0 Å². The third-order valence-corrected chi connectivity index (χ3v) is 2.43. The van der Waals surface area contributed by atoms with Gasteiger partial charge in [0, 0.05) is 22.2 Å². The smallest absolute Gasteiger partial charge is 0.0442 e. The Bertz CT molecular complexity index is 388. The Morgan fingerprint density at radius 1 is 1.00 bits per heavy atom. The lowest BCUT2D eigenvalue weighted by molar-refractivity contribution is 0.924. The zero-order chi connectivity index (χ0) is 8.72. The molecule has 0 aliphatic heterocycles. The van der Waals surface area contributed by atoms with Gasteiger partial charge in [-0.05, 0) is 13.8 Å². The van der Waals surface area contributed by atoms with E-state index in [1.807, 2.05) is 26.0 Å². The molecule has 12 heavy (non-hydrogen) atoms. The largest absolute Gasteiger partial charge is 0.339 e. The molecule has 0 bridgehead atoms. The third-order valence-electron chi connectivity index (χ3n) is 2.43. The van der Waals surface area contributed by atoms with Crippen LogP contribution in [0.25, 0.3) is 10.8 Å². The number of hydrogen-bond acceptors (Lipinski definition) is 1. The summed E-state index contributed by atoms with van der Waals surface area (Å²) >= 11 is 0. The second-order valence-electron chi connectivity index (χ2n) is 3.09. The Morgan fingerprint density at radius 3 is 1.83 bits per heavy atom. The van der Waals surface area contributed by atoms with Crippen molar-refractivity contribution in [1.82, 2.24) is 4.68 Å². The van der Waals surface area contributed by atoms with Gasteiger partial charge >= 0.3 is 0 Å². The van der Waals surface area contributed by atoms with Crippen LogP contribution in [-0.2, 0) is 0 Å². The summed E-state index contributed by atoms with van der Waals surface area (Å²) in [5.41, 5.74) is 2.26. The fourth-order valence-corrected chi connectivity index (χ4v) is 1.63. The van der Waals surface area contributed by atoms with Gasteiger partial charge in [-0.1, -0.05) is 24.3 Å². The lowest BCUT2D eigenvalue weighted by atomic mass is 10.1. The van der Waals surface area contributed by atoms with Crippen LogP contribution in [0.1, 0.15) is 11.4 Å². The van der Waals surface area contributed by atoms with E-state index in [0.717, 1.165) is 11.4 Å². The maximum absolute atomic E-state index is 5.83. The van der Waals surface area contributed by atoms with E-state index in [1.165, 1.54) is 10.8 Å². The minimum atomic E-state index is 1.13. The maximum Gasteiger partial charge on any atom is 0.0442 e. The van der Waals surface area contributed by atoms with Crippen LogP contribution in [0.3, 0.4) is 0 Å². The number of nitrogens with two attached hydrogens (primary N) is 1. The molecule has 1 heterocycles. The molecule has 0 saturated heterocycles. The molecule has 2 N–H and O–H groups in total. The van der Waals surface area contributed by atoms with Crippen molar-refractivity contribution in [3.8, 4) is 0 Å². The van der Waals surface area contributed by atoms with E-state index in [9.17, 15) is 0 Å². The minimum Gasteiger partial charge on any atom is -0.339 e. The van der Waals surface area contributed by atoms with Gasteiger partial charge in [-0.25, -0.2) is 0 Å². The maximum atomic E-state index is 5.83. The number of rotatable bonds is 0. The second-order valence-corrected chi connectivity index (χ2v) is 3.09. The van der Waals surface area contributed by atoms with E-state index in [4.69, 9.17) is 5.84 Å². The molecule has 0 unspecified atom stereocenters. The van der Waals surface area contributed by atoms with Crippen LogP contribution in [0.15, 0.2) is 24.3 Å². The first-order chi connectivity index (χ1) is 5.72. The van der Waals surface area contributed by atoms with E-state index in [-0.39, 0.29) is 0 Å². The average molecular weight is 160 g/mol. The number of hydrogen-bond donors (Lipinski definition) is 1. The second kappa shape index (κ2) is 2.27. The van der Waals surface area contributed by atoms with Gasteiger partial charge in [0.15, 0.2) is 0 Å². The van der Waals surface area contributed by atoms with Gasteiger partial charge in [-0.2, -0.15) is 0 Å². The molecule has 0 fully saturated rings. The number of aryl methyl sites for hydroxylation is 2. The zero-order valence-corrected chi connectivity index (χ0v) is 7.33. The molecule has 0 amide bonds. The van der Waals surface area contributed by atoms with Crippen molar-refractivity contribution in [3.05, 3.63) is 35.7 Å². The van der Waals surface area contributed by atoms with Gasteiger partial charge in [0.05, 0.1) is 0 Å². The summed E-state index contributed by atoms with van der Waals surface area (Å²) in [6, 6.07) is 8.27. The number of nitrogens with zero attached hydrogens (tertiary/aromatic N) is 1. The predicted octanol–water partition coefficient (Wildman–Crippen LogP) is 1.97. The van der Waals surface area contributed by atoms with E-state index in [2.05, 4.69) is 12.1 Å². The fraction of sp³-hybridized carbons (Fsp3) is 0.200. The van der Waals surface area contributed by atoms with Crippen LogP contribution < -0.4 is 5.84 Å². The molecule has 0 aliphatic rings. The minimum absolute atomic E-state index is 1.13. The molecular formula is C10H12N2. The van der Waals surface area contributed by atoms with Crippen molar-refractivity contribution in [3.63, 3.8) is 0 Å². The molecule has 0 atom stereocenters. The Labute approximate surface area is 71.6 Å². The summed E-state index contributed by atoms with van der Waals surface area (Å²) in [5, 5.41) is 2.50. The Hall–Kier alpha value is -1.44. The van der Waals surface area contributed by atoms with Crippen molar-refractivity contribution in [2.24, 2.45) is 0 Å². The van der Waals surface area contributed by atoms with Gasteiger partial charge in [0.1, 0.15) is 0 Å². The van der Waals surface area contributed by atoms with Gasteiger partial charge in [-0.3, -0.25) is 4.68 Å². The highest BCUT2D eigenvalue weighted by atomic mass is 15.3. The van der Waals surface area contributed by atoms with E-state index < -0.39 is 0 Å². The highest BCUT2D eigenvalue weighted by Gasteiger charge is 2.06. The molecule has 2 nitrogen and oxygen atoms in total. The van der Waals surface area contributed by atoms with Gasteiger partial charge in [-0.15, -0.1) is 0 Å². The highest BCUT2D eigenvalue weighted by molar-refractivity contribution is 5.88. The standard InChI is InChI=1S/C10H12N2/c1-7-9-5-3-4-6-10(9)8(2)12(7)11/h3-6H,11H2,1-2H3. The quantitative estimate of drug-likeness (QED) is 0.587. The summed E-state index contributed by atoms with van der Waals surface area (Å²) < 4.78 is 1.74. The molecule has 0 radical (unpaired) electrons. The van der Waals surface area contributed by atoms with Crippen LogP contribution in [0.2, 0.25) is 0 Å². The highest BCUT2D eigenvalue weighted by Crippen LogP contribution is 2.22. The van der Waals surface area contributed by atoms with Crippen LogP contribution >= 0.6 is 0 Å². The number of aromatic nitrogens is 1. The zero-order valence-electron chi connectivity index (χ0n) is 7.33. The number of fused-ring (bicyclic) bond motifs is 1. The number of nitrogen functional groups attached to an aromatic ring is 1. The fourth-order valence-electron chi connectivity index (χ4n) is 1.63. The van der Waals surface area contributed by atoms with Crippen molar-refractivity contribution in [1.29, 1.82) is 0 Å². The molecule has 2 heteroatoms. The molecule has 0 aliphatic carbocycles. The third kappa shape index (κ3) is 0.749. The Kier molecular flexibility index (Phi) is 1.37. The molecular weight excluding hydrogens is 148 g/mol. The lowest BCUT2D eigenvalue weighted by Crippen LogP contribution is -2.11. The molecule has 0 spiro atoms. The average Bonchev–Trinajstić information content (AvgIpc) is 2.33. The summed E-state index contributed by atoms with van der Waals surface area (Å²) in [4.78, 5) is 0. The van der Waals surface area contributed by atoms with Crippen LogP contribution in [-0.4, -0.2) is 4.68 Å².